The zero-order valence-corrected chi connectivity index (χ0v) is 18.1. The van der Waals surface area contributed by atoms with Crippen molar-refractivity contribution in [2.24, 2.45) is 5.73 Å². The van der Waals surface area contributed by atoms with Gasteiger partial charge in [-0.05, 0) is 48.7 Å². The van der Waals surface area contributed by atoms with Crippen LogP contribution >= 0.6 is 23.4 Å². The van der Waals surface area contributed by atoms with Crippen LogP contribution in [0.4, 0.5) is 0 Å². The second-order valence-electron chi connectivity index (χ2n) is 6.95. The maximum atomic E-state index is 6.76. The van der Waals surface area contributed by atoms with Gasteiger partial charge in [-0.3, -0.25) is 0 Å². The molecule has 0 unspecified atom stereocenters. The van der Waals surface area contributed by atoms with Gasteiger partial charge in [0.15, 0.2) is 0 Å². The van der Waals surface area contributed by atoms with Crippen LogP contribution < -0.4 is 11.1 Å². The SMILES string of the molecule is Cc1noc(C)c1-c1cc(Cl)c(Sc2ncccc2CN)c(CNC(C)C)c1. The third-order valence-corrected chi connectivity index (χ3v) is 6.07. The van der Waals surface area contributed by atoms with E-state index in [0.29, 0.717) is 24.2 Å². The van der Waals surface area contributed by atoms with E-state index in [2.05, 4.69) is 35.4 Å². The van der Waals surface area contributed by atoms with E-state index < -0.39 is 0 Å². The van der Waals surface area contributed by atoms with E-state index in [-0.39, 0.29) is 0 Å². The molecule has 0 spiro atoms. The normalized spacial score (nSPS) is 11.4. The topological polar surface area (TPSA) is 77.0 Å². The molecule has 0 amide bonds. The number of pyridine rings is 1. The lowest BCUT2D eigenvalue weighted by atomic mass is 10.0. The van der Waals surface area contributed by atoms with Crippen LogP contribution in [0.2, 0.25) is 5.02 Å². The number of nitrogens with two attached hydrogens (primary N) is 1. The van der Waals surface area contributed by atoms with Gasteiger partial charge in [0.25, 0.3) is 0 Å². The van der Waals surface area contributed by atoms with Crippen molar-refractivity contribution in [3.05, 3.63) is 58.1 Å². The van der Waals surface area contributed by atoms with E-state index in [1.807, 2.05) is 32.0 Å². The first-order chi connectivity index (χ1) is 13.4. The molecule has 148 valence electrons. The van der Waals surface area contributed by atoms with Gasteiger partial charge in [-0.1, -0.05) is 48.4 Å². The molecule has 2 aromatic heterocycles. The standard InChI is InChI=1S/C21H25ClN4OS/c1-12(2)25-11-17-8-16(19-13(3)26-27-14(19)4)9-18(22)20(17)28-21-15(10-23)6-5-7-24-21/h5-9,12,25H,10-11,23H2,1-4H3. The van der Waals surface area contributed by atoms with Gasteiger partial charge in [0.1, 0.15) is 10.8 Å². The molecule has 2 heterocycles. The van der Waals surface area contributed by atoms with E-state index in [9.17, 15) is 0 Å². The first-order valence-electron chi connectivity index (χ1n) is 9.21. The molecule has 3 N–H and O–H groups in total. The number of nitrogens with one attached hydrogen (secondary N) is 1. The van der Waals surface area contributed by atoms with E-state index >= 15 is 0 Å². The molecular weight excluding hydrogens is 392 g/mol. The van der Waals surface area contributed by atoms with Crippen LogP contribution in [0.25, 0.3) is 11.1 Å². The predicted molar refractivity (Wildman–Crippen MR) is 115 cm³/mol. The molecule has 0 saturated heterocycles. The van der Waals surface area contributed by atoms with Crippen molar-refractivity contribution in [3.8, 4) is 11.1 Å². The fraction of sp³-hybridized carbons (Fsp3) is 0.333. The van der Waals surface area contributed by atoms with Gasteiger partial charge in [-0.25, -0.2) is 4.98 Å². The Morgan fingerprint density at radius 3 is 2.68 bits per heavy atom. The highest BCUT2D eigenvalue weighted by Gasteiger charge is 2.18. The van der Waals surface area contributed by atoms with Crippen LogP contribution in [0.3, 0.4) is 0 Å². The molecule has 0 fully saturated rings. The second kappa shape index (κ2) is 9.09. The van der Waals surface area contributed by atoms with Gasteiger partial charge in [0, 0.05) is 35.8 Å². The first kappa shape index (κ1) is 20.9. The quantitative estimate of drug-likeness (QED) is 0.557. The Morgan fingerprint density at radius 1 is 1.25 bits per heavy atom. The molecule has 0 aliphatic heterocycles. The van der Waals surface area contributed by atoms with Crippen molar-refractivity contribution in [3.63, 3.8) is 0 Å². The highest BCUT2D eigenvalue weighted by molar-refractivity contribution is 7.99. The summed E-state index contributed by atoms with van der Waals surface area (Å²) in [5.41, 5.74) is 10.8. The lowest BCUT2D eigenvalue weighted by Crippen LogP contribution is -2.22. The van der Waals surface area contributed by atoms with Gasteiger partial charge in [0.2, 0.25) is 0 Å². The highest BCUT2D eigenvalue weighted by Crippen LogP contribution is 2.40. The van der Waals surface area contributed by atoms with Crippen molar-refractivity contribution in [2.45, 2.75) is 56.7 Å². The average Bonchev–Trinajstić information content (AvgIpc) is 3.00. The van der Waals surface area contributed by atoms with Crippen LogP contribution in [0.15, 0.2) is 44.9 Å². The monoisotopic (exact) mass is 416 g/mol. The Labute approximate surface area is 175 Å². The molecule has 5 nitrogen and oxygen atoms in total. The zero-order valence-electron chi connectivity index (χ0n) is 16.5. The largest absolute Gasteiger partial charge is 0.361 e. The maximum Gasteiger partial charge on any atom is 0.141 e. The third-order valence-electron chi connectivity index (χ3n) is 4.41. The van der Waals surface area contributed by atoms with E-state index in [0.717, 1.165) is 43.6 Å². The summed E-state index contributed by atoms with van der Waals surface area (Å²) in [5, 5.41) is 9.12. The minimum atomic E-state index is 0.355. The van der Waals surface area contributed by atoms with Crippen LogP contribution in [0, 0.1) is 13.8 Å². The summed E-state index contributed by atoms with van der Waals surface area (Å²) in [5.74, 6) is 0.784. The lowest BCUT2D eigenvalue weighted by molar-refractivity contribution is 0.393. The second-order valence-corrected chi connectivity index (χ2v) is 8.36. The van der Waals surface area contributed by atoms with Crippen LogP contribution in [-0.4, -0.2) is 16.2 Å². The number of hydrogen-bond acceptors (Lipinski definition) is 6. The number of benzene rings is 1. The molecule has 3 aromatic rings. The average molecular weight is 417 g/mol. The minimum Gasteiger partial charge on any atom is -0.361 e. The van der Waals surface area contributed by atoms with E-state index in [4.69, 9.17) is 21.9 Å². The molecule has 0 aliphatic rings. The van der Waals surface area contributed by atoms with Crippen LogP contribution in [0.1, 0.15) is 36.4 Å². The molecule has 28 heavy (non-hydrogen) atoms. The highest BCUT2D eigenvalue weighted by atomic mass is 35.5. The lowest BCUT2D eigenvalue weighted by Gasteiger charge is -2.16. The molecule has 0 bridgehead atoms. The minimum absolute atomic E-state index is 0.355. The van der Waals surface area contributed by atoms with Gasteiger partial charge in [-0.15, -0.1) is 0 Å². The van der Waals surface area contributed by atoms with Crippen LogP contribution in [-0.2, 0) is 13.1 Å². The van der Waals surface area contributed by atoms with E-state index in [1.165, 1.54) is 0 Å². The summed E-state index contributed by atoms with van der Waals surface area (Å²) in [6, 6.07) is 8.37. The molecule has 3 rings (SSSR count). The first-order valence-corrected chi connectivity index (χ1v) is 10.4. The van der Waals surface area contributed by atoms with Gasteiger partial charge in [-0.2, -0.15) is 0 Å². The Kier molecular flexibility index (Phi) is 6.78. The van der Waals surface area contributed by atoms with Gasteiger partial charge < -0.3 is 15.6 Å². The molecule has 7 heteroatoms. The van der Waals surface area contributed by atoms with Crippen LogP contribution in [0.5, 0.6) is 0 Å². The Morgan fingerprint density at radius 2 is 2.04 bits per heavy atom. The van der Waals surface area contributed by atoms with Gasteiger partial charge in [0.05, 0.1) is 10.7 Å². The number of rotatable bonds is 7. The number of hydrogen-bond donors (Lipinski definition) is 2. The van der Waals surface area contributed by atoms with Gasteiger partial charge >= 0.3 is 0 Å². The van der Waals surface area contributed by atoms with E-state index in [1.54, 1.807) is 18.0 Å². The number of aryl methyl sites for hydroxylation is 2. The zero-order chi connectivity index (χ0) is 20.3. The molecule has 0 saturated carbocycles. The Hall–Kier alpha value is -1.86. The summed E-state index contributed by atoms with van der Waals surface area (Å²) >= 11 is 8.31. The molecule has 1 aromatic carbocycles. The number of aromatic nitrogens is 2. The van der Waals surface area contributed by atoms with Crippen molar-refractivity contribution in [2.75, 3.05) is 0 Å². The predicted octanol–water partition coefficient (Wildman–Crippen LogP) is 5.11. The number of nitrogens with zero attached hydrogens (tertiary/aromatic N) is 2. The van der Waals surface area contributed by atoms with Crippen molar-refractivity contribution in [1.29, 1.82) is 0 Å². The van der Waals surface area contributed by atoms with Crippen molar-refractivity contribution >= 4 is 23.4 Å². The number of halogens is 1. The fourth-order valence-electron chi connectivity index (χ4n) is 3.02. The summed E-state index contributed by atoms with van der Waals surface area (Å²) in [4.78, 5) is 5.49. The maximum absolute atomic E-state index is 6.76. The van der Waals surface area contributed by atoms with Crippen molar-refractivity contribution in [1.82, 2.24) is 15.5 Å². The molecule has 0 aliphatic carbocycles. The molecular formula is C21H25ClN4OS. The Balaban J connectivity index is 2.08. The molecule has 0 radical (unpaired) electrons. The smallest absolute Gasteiger partial charge is 0.141 e. The Bertz CT molecular complexity index is 952. The summed E-state index contributed by atoms with van der Waals surface area (Å²) in [7, 11) is 0. The fourth-order valence-corrected chi connectivity index (χ4v) is 4.38. The summed E-state index contributed by atoms with van der Waals surface area (Å²) in [6.07, 6.45) is 1.78. The molecule has 0 atom stereocenters. The third kappa shape index (κ3) is 4.58. The van der Waals surface area contributed by atoms with Crippen molar-refractivity contribution < 1.29 is 4.52 Å². The summed E-state index contributed by atoms with van der Waals surface area (Å²) in [6.45, 7) is 9.23. The summed E-state index contributed by atoms with van der Waals surface area (Å²) < 4.78 is 5.35.